The Morgan fingerprint density at radius 3 is 2.40 bits per heavy atom. The summed E-state index contributed by atoms with van der Waals surface area (Å²) in [5, 5.41) is 3.06. The molecule has 0 aromatic rings. The number of amidine groups is 1. The molecule has 0 aromatic heterocycles. The van der Waals surface area contributed by atoms with E-state index in [4.69, 9.17) is 17.2 Å². The molecule has 0 aromatic carbocycles. The van der Waals surface area contributed by atoms with Gasteiger partial charge in [-0.05, 0) is 0 Å². The van der Waals surface area contributed by atoms with E-state index in [2.05, 4.69) is 10.3 Å². The molecule has 0 radical (unpaired) electrons. The molecule has 0 saturated heterocycles. The Balaban J connectivity index is 3.85. The molecule has 0 aliphatic carbocycles. The summed E-state index contributed by atoms with van der Waals surface area (Å²) in [6, 6.07) is 0. The molecule has 0 spiro atoms. The maximum atomic E-state index is 5.78. The van der Waals surface area contributed by atoms with Crippen molar-refractivity contribution in [1.82, 2.24) is 5.32 Å². The van der Waals surface area contributed by atoms with Crippen molar-refractivity contribution in [2.75, 3.05) is 13.1 Å². The minimum absolute atomic E-state index is 0.759. The summed E-state index contributed by atoms with van der Waals surface area (Å²) < 4.78 is 0.870. The van der Waals surface area contributed by atoms with Crippen LogP contribution in [-0.2, 0) is 0 Å². The first-order valence-electron chi connectivity index (χ1n) is 3.28. The van der Waals surface area contributed by atoms with Crippen molar-refractivity contribution in [1.29, 1.82) is 0 Å². The van der Waals surface area contributed by atoms with Gasteiger partial charge < -0.3 is 0 Å². The molecule has 2 nitrogen and oxygen atoms in total. The molecule has 0 fully saturated rings. The summed E-state index contributed by atoms with van der Waals surface area (Å²) >= 11 is -2.36. The number of aliphatic imine (C=N–C) groups is 1. The van der Waals surface area contributed by atoms with Crippen LogP contribution in [-0.4, -0.2) is 35.8 Å². The van der Waals surface area contributed by atoms with Crippen LogP contribution in [0.15, 0.2) is 4.99 Å². The summed E-state index contributed by atoms with van der Waals surface area (Å²) in [6.07, 6.45) is 0. The van der Waals surface area contributed by atoms with E-state index in [1.165, 1.54) is 0 Å². The second kappa shape index (κ2) is 6.62. The summed E-state index contributed by atoms with van der Waals surface area (Å²) in [4.78, 5) is 4.15. The number of hydrogen-bond acceptors (Lipinski definition) is 1. The molecule has 0 bridgehead atoms. The molecular formula is C5H11Cl2InN2. The summed E-state index contributed by atoms with van der Waals surface area (Å²) in [5.41, 5.74) is 0. The van der Waals surface area contributed by atoms with Crippen molar-refractivity contribution in [3.63, 3.8) is 0 Å². The zero-order valence-corrected chi connectivity index (χ0v) is 11.0. The SMILES string of the molecule is CCN=[C](NCC)[In]([Cl])[Cl]. The van der Waals surface area contributed by atoms with Gasteiger partial charge in [-0.25, -0.2) is 0 Å². The van der Waals surface area contributed by atoms with Gasteiger partial charge in [0.1, 0.15) is 0 Å². The minimum atomic E-state index is -2.36. The van der Waals surface area contributed by atoms with Gasteiger partial charge in [0.25, 0.3) is 0 Å². The quantitative estimate of drug-likeness (QED) is 0.617. The normalized spacial score (nSPS) is 11.4. The summed E-state index contributed by atoms with van der Waals surface area (Å²) in [7, 11) is 11.6. The molecule has 0 atom stereocenters. The zero-order chi connectivity index (χ0) is 7.98. The van der Waals surface area contributed by atoms with Crippen LogP contribution in [0.4, 0.5) is 0 Å². The second-order valence-corrected chi connectivity index (χ2v) is 12.3. The molecule has 58 valence electrons. The monoisotopic (exact) mass is 284 g/mol. The fourth-order valence-corrected chi connectivity index (χ4v) is 4.45. The third kappa shape index (κ3) is 4.69. The fourth-order valence-electron chi connectivity index (χ4n) is 0.554. The molecular weight excluding hydrogens is 274 g/mol. The first-order chi connectivity index (χ1) is 4.72. The molecule has 0 aliphatic rings. The van der Waals surface area contributed by atoms with Gasteiger partial charge in [0.15, 0.2) is 0 Å². The molecule has 0 heterocycles. The molecule has 0 saturated carbocycles. The van der Waals surface area contributed by atoms with Gasteiger partial charge in [-0.1, -0.05) is 0 Å². The van der Waals surface area contributed by atoms with E-state index >= 15 is 0 Å². The van der Waals surface area contributed by atoms with Gasteiger partial charge in [0, 0.05) is 0 Å². The third-order valence-corrected chi connectivity index (χ3v) is 5.95. The van der Waals surface area contributed by atoms with E-state index in [0.29, 0.717) is 0 Å². The summed E-state index contributed by atoms with van der Waals surface area (Å²) in [5.74, 6) is 0. The van der Waals surface area contributed by atoms with Crippen LogP contribution in [0.3, 0.4) is 0 Å². The number of nitrogens with one attached hydrogen (secondary N) is 1. The van der Waals surface area contributed by atoms with Crippen LogP contribution in [0.25, 0.3) is 0 Å². The van der Waals surface area contributed by atoms with E-state index in [1.54, 1.807) is 0 Å². The second-order valence-electron chi connectivity index (χ2n) is 1.69. The zero-order valence-electron chi connectivity index (χ0n) is 6.19. The van der Waals surface area contributed by atoms with E-state index in [9.17, 15) is 0 Å². The molecule has 1 N–H and O–H groups in total. The molecule has 0 unspecified atom stereocenters. The molecule has 0 rings (SSSR count). The molecule has 0 amide bonds. The predicted molar refractivity (Wildman–Crippen MR) is 49.1 cm³/mol. The van der Waals surface area contributed by atoms with Crippen molar-refractivity contribution in [2.24, 2.45) is 4.99 Å². The molecule has 10 heavy (non-hydrogen) atoms. The molecule has 5 heteroatoms. The van der Waals surface area contributed by atoms with Crippen molar-refractivity contribution in [3.05, 3.63) is 0 Å². The van der Waals surface area contributed by atoms with Gasteiger partial charge in [-0.15, -0.1) is 0 Å². The van der Waals surface area contributed by atoms with Crippen LogP contribution in [0.5, 0.6) is 0 Å². The average molecular weight is 285 g/mol. The molecule has 0 aliphatic heterocycles. The van der Waals surface area contributed by atoms with Crippen LogP contribution >= 0.6 is 17.2 Å². The van der Waals surface area contributed by atoms with Crippen molar-refractivity contribution >= 4 is 39.8 Å². The van der Waals surface area contributed by atoms with Gasteiger partial charge in [-0.3, -0.25) is 0 Å². The predicted octanol–water partition coefficient (Wildman–Crippen LogP) is 1.52. The summed E-state index contributed by atoms with van der Waals surface area (Å²) in [6.45, 7) is 5.59. The van der Waals surface area contributed by atoms with Crippen molar-refractivity contribution in [3.8, 4) is 0 Å². The van der Waals surface area contributed by atoms with Gasteiger partial charge in [0.2, 0.25) is 0 Å². The van der Waals surface area contributed by atoms with Crippen molar-refractivity contribution < 1.29 is 0 Å². The Morgan fingerprint density at radius 2 is 2.10 bits per heavy atom. The Kier molecular flexibility index (Phi) is 7.23. The Labute approximate surface area is 76.7 Å². The Bertz CT molecular complexity index is 116. The van der Waals surface area contributed by atoms with Gasteiger partial charge in [0.05, 0.1) is 0 Å². The number of nitrogens with zero attached hydrogens (tertiary/aromatic N) is 1. The van der Waals surface area contributed by atoms with Gasteiger partial charge >= 0.3 is 77.1 Å². The van der Waals surface area contributed by atoms with E-state index in [1.807, 2.05) is 13.8 Å². The average Bonchev–Trinajstić information content (AvgIpc) is 1.87. The van der Waals surface area contributed by atoms with Crippen LogP contribution < -0.4 is 5.32 Å². The third-order valence-electron chi connectivity index (χ3n) is 0.893. The van der Waals surface area contributed by atoms with Crippen LogP contribution in [0.1, 0.15) is 13.8 Å². The Hall–Kier alpha value is 0.920. The topological polar surface area (TPSA) is 24.4 Å². The van der Waals surface area contributed by atoms with E-state index in [-0.39, 0.29) is 0 Å². The number of hydrogen-bond donors (Lipinski definition) is 1. The van der Waals surface area contributed by atoms with E-state index in [0.717, 1.165) is 16.7 Å². The first-order valence-corrected chi connectivity index (χ1v) is 13.3. The standard InChI is InChI=1S/C5H11N2.2ClH.In/c1-3-6-5-7-4-2;;;/h3-4H2,1-2H3,(H,6,7);2*1H;/q;;;+2/p-2. The number of rotatable bonds is 3. The fraction of sp³-hybridized carbons (Fsp3) is 0.800. The first kappa shape index (κ1) is 10.9. The maximum absolute atomic E-state index is 5.78. The van der Waals surface area contributed by atoms with Crippen molar-refractivity contribution in [2.45, 2.75) is 13.8 Å². The van der Waals surface area contributed by atoms with Crippen LogP contribution in [0.2, 0.25) is 0 Å². The van der Waals surface area contributed by atoms with Crippen LogP contribution in [0, 0.1) is 0 Å². The Morgan fingerprint density at radius 1 is 1.50 bits per heavy atom. The van der Waals surface area contributed by atoms with Gasteiger partial charge in [-0.2, -0.15) is 0 Å². The van der Waals surface area contributed by atoms with E-state index < -0.39 is 19.1 Å². The number of halogens is 2.